The first-order valence-corrected chi connectivity index (χ1v) is 5.47. The Morgan fingerprint density at radius 2 is 1.92 bits per heavy atom. The molecule has 0 aromatic heterocycles. The average Bonchev–Trinajstić information content (AvgIpc) is 2.20. The van der Waals surface area contributed by atoms with E-state index in [-0.39, 0.29) is 0 Å². The van der Waals surface area contributed by atoms with Gasteiger partial charge in [-0.2, -0.15) is 0 Å². The Morgan fingerprint density at radius 3 is 2.58 bits per heavy atom. The van der Waals surface area contributed by atoms with Crippen LogP contribution in [0.4, 0.5) is 0 Å². The van der Waals surface area contributed by atoms with Crippen molar-refractivity contribution in [1.82, 2.24) is 4.90 Å². The average molecular weight is 169 g/mol. The van der Waals surface area contributed by atoms with E-state index < -0.39 is 0 Å². The molecular weight excluding hydrogens is 146 g/mol. The molecule has 12 heavy (non-hydrogen) atoms. The highest BCUT2D eigenvalue weighted by molar-refractivity contribution is 4.77. The molecular formula is C11H23N. The molecule has 0 N–H and O–H groups in total. The Hall–Kier alpha value is -0.0400. The molecule has 0 bridgehead atoms. The highest BCUT2D eigenvalue weighted by Crippen LogP contribution is 2.22. The van der Waals surface area contributed by atoms with Crippen LogP contribution >= 0.6 is 0 Å². The molecule has 1 aliphatic rings. The van der Waals surface area contributed by atoms with E-state index in [1.165, 1.54) is 38.5 Å². The minimum absolute atomic E-state index is 0.809. The highest BCUT2D eigenvalue weighted by Gasteiger charge is 2.21. The van der Waals surface area contributed by atoms with Crippen LogP contribution in [-0.4, -0.2) is 24.0 Å². The Balaban J connectivity index is 2.46. The van der Waals surface area contributed by atoms with Crippen LogP contribution in [-0.2, 0) is 0 Å². The first kappa shape index (κ1) is 10.0. The van der Waals surface area contributed by atoms with E-state index in [9.17, 15) is 0 Å². The van der Waals surface area contributed by atoms with Crippen LogP contribution in [0.1, 0.15) is 52.4 Å². The van der Waals surface area contributed by atoms with Gasteiger partial charge in [0.05, 0.1) is 0 Å². The lowest BCUT2D eigenvalue weighted by molar-refractivity contribution is 0.176. The van der Waals surface area contributed by atoms with E-state index in [0.29, 0.717) is 0 Å². The lowest BCUT2D eigenvalue weighted by Gasteiger charge is -2.30. The fourth-order valence-electron chi connectivity index (χ4n) is 2.27. The Kier molecular flexibility index (Phi) is 4.07. The maximum atomic E-state index is 2.59. The zero-order chi connectivity index (χ0) is 8.97. The van der Waals surface area contributed by atoms with Gasteiger partial charge in [-0.05, 0) is 33.2 Å². The van der Waals surface area contributed by atoms with Crippen molar-refractivity contribution in [2.75, 3.05) is 7.05 Å². The largest absolute Gasteiger partial charge is 0.301 e. The maximum Gasteiger partial charge on any atom is 0.00949 e. The third kappa shape index (κ3) is 2.48. The lowest BCUT2D eigenvalue weighted by atomic mass is 10.1. The summed E-state index contributed by atoms with van der Waals surface area (Å²) in [6.07, 6.45) is 8.43. The van der Waals surface area contributed by atoms with E-state index in [2.05, 4.69) is 25.8 Å². The molecule has 0 aromatic rings. The molecule has 0 spiro atoms. The van der Waals surface area contributed by atoms with Gasteiger partial charge in [0.1, 0.15) is 0 Å². The summed E-state index contributed by atoms with van der Waals surface area (Å²) in [6, 6.07) is 1.68. The first-order chi connectivity index (χ1) is 5.75. The van der Waals surface area contributed by atoms with Crippen molar-refractivity contribution < 1.29 is 0 Å². The predicted octanol–water partition coefficient (Wildman–Crippen LogP) is 3.05. The summed E-state index contributed by atoms with van der Waals surface area (Å²) in [5.74, 6) is 0. The van der Waals surface area contributed by atoms with E-state index in [1.54, 1.807) is 0 Å². The lowest BCUT2D eigenvalue weighted by Crippen LogP contribution is -2.36. The molecule has 2 unspecified atom stereocenters. The SMILES string of the molecule is CCCC1CCCCC(C)N1C. The Bertz CT molecular complexity index is 122. The van der Waals surface area contributed by atoms with Gasteiger partial charge in [0.2, 0.25) is 0 Å². The second kappa shape index (κ2) is 4.86. The summed E-state index contributed by atoms with van der Waals surface area (Å²) in [4.78, 5) is 2.59. The van der Waals surface area contributed by atoms with Gasteiger partial charge < -0.3 is 4.90 Å². The van der Waals surface area contributed by atoms with Crippen LogP contribution in [0.3, 0.4) is 0 Å². The fraction of sp³-hybridized carbons (Fsp3) is 1.00. The van der Waals surface area contributed by atoms with Crippen LogP contribution in [0.2, 0.25) is 0 Å². The molecule has 1 aliphatic heterocycles. The van der Waals surface area contributed by atoms with Gasteiger partial charge in [-0.1, -0.05) is 26.2 Å². The van der Waals surface area contributed by atoms with Crippen molar-refractivity contribution >= 4 is 0 Å². The molecule has 1 nitrogen and oxygen atoms in total. The van der Waals surface area contributed by atoms with Crippen molar-refractivity contribution in [2.45, 2.75) is 64.5 Å². The zero-order valence-electron chi connectivity index (χ0n) is 8.84. The minimum atomic E-state index is 0.809. The van der Waals surface area contributed by atoms with Gasteiger partial charge in [-0.25, -0.2) is 0 Å². The zero-order valence-corrected chi connectivity index (χ0v) is 8.84. The molecule has 2 atom stereocenters. The predicted molar refractivity (Wildman–Crippen MR) is 54.4 cm³/mol. The molecule has 0 aromatic carbocycles. The Labute approximate surface area is 77.1 Å². The molecule has 1 heteroatoms. The standard InChI is InChI=1S/C11H23N/c1-4-7-11-9-6-5-8-10(2)12(11)3/h10-11H,4-9H2,1-3H3. The molecule has 0 amide bonds. The summed E-state index contributed by atoms with van der Waals surface area (Å²) < 4.78 is 0. The van der Waals surface area contributed by atoms with Gasteiger partial charge >= 0.3 is 0 Å². The second-order valence-corrected chi connectivity index (χ2v) is 4.24. The minimum Gasteiger partial charge on any atom is -0.301 e. The van der Waals surface area contributed by atoms with Crippen LogP contribution in [0, 0.1) is 0 Å². The third-order valence-corrected chi connectivity index (χ3v) is 3.30. The van der Waals surface area contributed by atoms with E-state index >= 15 is 0 Å². The third-order valence-electron chi connectivity index (χ3n) is 3.30. The molecule has 1 fully saturated rings. The number of likely N-dealkylation sites (tertiary alicyclic amines) is 1. The number of hydrogen-bond donors (Lipinski definition) is 0. The van der Waals surface area contributed by atoms with Crippen LogP contribution in [0.25, 0.3) is 0 Å². The maximum absolute atomic E-state index is 2.59. The van der Waals surface area contributed by atoms with Crippen molar-refractivity contribution in [3.63, 3.8) is 0 Å². The van der Waals surface area contributed by atoms with Crippen molar-refractivity contribution in [2.24, 2.45) is 0 Å². The topological polar surface area (TPSA) is 3.24 Å². The van der Waals surface area contributed by atoms with Crippen LogP contribution < -0.4 is 0 Å². The highest BCUT2D eigenvalue weighted by atomic mass is 15.2. The summed E-state index contributed by atoms with van der Waals surface area (Å²) in [5.41, 5.74) is 0. The molecule has 1 heterocycles. The van der Waals surface area contributed by atoms with Crippen molar-refractivity contribution in [3.8, 4) is 0 Å². The summed E-state index contributed by atoms with van der Waals surface area (Å²) in [6.45, 7) is 4.66. The summed E-state index contributed by atoms with van der Waals surface area (Å²) >= 11 is 0. The monoisotopic (exact) mass is 169 g/mol. The van der Waals surface area contributed by atoms with Crippen LogP contribution in [0.5, 0.6) is 0 Å². The number of rotatable bonds is 2. The molecule has 1 saturated heterocycles. The molecule has 0 radical (unpaired) electrons. The Morgan fingerprint density at radius 1 is 1.25 bits per heavy atom. The van der Waals surface area contributed by atoms with Gasteiger partial charge in [-0.15, -0.1) is 0 Å². The van der Waals surface area contributed by atoms with E-state index in [0.717, 1.165) is 12.1 Å². The summed E-state index contributed by atoms with van der Waals surface area (Å²) in [5, 5.41) is 0. The number of hydrogen-bond acceptors (Lipinski definition) is 1. The molecule has 72 valence electrons. The van der Waals surface area contributed by atoms with Gasteiger partial charge in [0.25, 0.3) is 0 Å². The number of nitrogens with zero attached hydrogens (tertiary/aromatic N) is 1. The van der Waals surface area contributed by atoms with Gasteiger partial charge in [-0.3, -0.25) is 0 Å². The normalized spacial score (nSPS) is 33.2. The second-order valence-electron chi connectivity index (χ2n) is 4.24. The van der Waals surface area contributed by atoms with Crippen molar-refractivity contribution in [1.29, 1.82) is 0 Å². The summed E-state index contributed by atoms with van der Waals surface area (Å²) in [7, 11) is 2.30. The van der Waals surface area contributed by atoms with E-state index in [4.69, 9.17) is 0 Å². The fourth-order valence-corrected chi connectivity index (χ4v) is 2.27. The van der Waals surface area contributed by atoms with Crippen molar-refractivity contribution in [3.05, 3.63) is 0 Å². The van der Waals surface area contributed by atoms with Crippen LogP contribution in [0.15, 0.2) is 0 Å². The molecule has 0 aliphatic carbocycles. The smallest absolute Gasteiger partial charge is 0.00949 e. The first-order valence-electron chi connectivity index (χ1n) is 5.47. The van der Waals surface area contributed by atoms with E-state index in [1.807, 2.05) is 0 Å². The van der Waals surface area contributed by atoms with Gasteiger partial charge in [0, 0.05) is 12.1 Å². The quantitative estimate of drug-likeness (QED) is 0.614. The molecule has 0 saturated carbocycles. The molecule has 1 rings (SSSR count). The van der Waals surface area contributed by atoms with Gasteiger partial charge in [0.15, 0.2) is 0 Å².